The van der Waals surface area contributed by atoms with Crippen molar-refractivity contribution in [2.45, 2.75) is 39.3 Å². The molecule has 3 rings (SSSR count). The molecule has 0 saturated heterocycles. The number of ether oxygens (including phenoxy) is 1. The van der Waals surface area contributed by atoms with Gasteiger partial charge in [-0.1, -0.05) is 26.0 Å². The molecule has 1 N–H and O–H groups in total. The first-order valence-corrected chi connectivity index (χ1v) is 7.09. The molecule has 5 heteroatoms. The maximum Gasteiger partial charge on any atom is 0.243 e. The smallest absolute Gasteiger partial charge is 0.243 e. The summed E-state index contributed by atoms with van der Waals surface area (Å²) >= 11 is 0. The number of rotatable bonds is 4. The van der Waals surface area contributed by atoms with Gasteiger partial charge in [-0.2, -0.15) is 0 Å². The Morgan fingerprint density at radius 1 is 1.25 bits per heavy atom. The predicted octanol–water partition coefficient (Wildman–Crippen LogP) is 2.64. The normalized spacial score (nSPS) is 24.4. The quantitative estimate of drug-likeness (QED) is 0.927. The highest BCUT2D eigenvalue weighted by atomic mass is 16.5. The Morgan fingerprint density at radius 2 is 2.00 bits per heavy atom. The van der Waals surface area contributed by atoms with Crippen molar-refractivity contribution in [1.29, 1.82) is 0 Å². The van der Waals surface area contributed by atoms with Crippen LogP contribution in [0.5, 0.6) is 0 Å². The molecule has 1 aliphatic rings. The molecule has 2 aromatic rings. The number of nitrogens with zero attached hydrogens (tertiary/aromatic N) is 3. The van der Waals surface area contributed by atoms with E-state index in [0.717, 1.165) is 24.1 Å². The van der Waals surface area contributed by atoms with Crippen molar-refractivity contribution < 1.29 is 4.74 Å². The molecule has 0 spiro atoms. The average Bonchev–Trinajstić information content (AvgIpc) is 2.46. The number of anilines is 1. The molecule has 1 aliphatic carbocycles. The molecule has 1 saturated carbocycles. The molecule has 20 heavy (non-hydrogen) atoms. The lowest BCUT2D eigenvalue weighted by Crippen LogP contribution is -2.58. The van der Waals surface area contributed by atoms with Crippen molar-refractivity contribution in [2.24, 2.45) is 5.41 Å². The van der Waals surface area contributed by atoms with Gasteiger partial charge in [-0.05, 0) is 25.5 Å². The molecule has 2 atom stereocenters. The SMILES string of the molecule is CCOC1CC(Nc2nnc3ccccc3n2)C1(C)C. The maximum absolute atomic E-state index is 5.73. The fourth-order valence-electron chi connectivity index (χ4n) is 2.71. The second-order valence-electron chi connectivity index (χ2n) is 5.82. The second kappa shape index (κ2) is 4.98. The molecule has 5 nitrogen and oxygen atoms in total. The molecular weight excluding hydrogens is 252 g/mol. The molecule has 0 radical (unpaired) electrons. The summed E-state index contributed by atoms with van der Waals surface area (Å²) in [6.45, 7) is 7.22. The standard InChI is InChI=1S/C15H20N4O/c1-4-20-13-9-12(15(13,2)3)17-14-16-10-7-5-6-8-11(10)18-19-14/h5-8,12-13H,4,9H2,1-3H3,(H,16,17,19). The van der Waals surface area contributed by atoms with Crippen LogP contribution in [0.15, 0.2) is 24.3 Å². The van der Waals surface area contributed by atoms with Crippen LogP contribution in [0.4, 0.5) is 5.95 Å². The number of aromatic nitrogens is 3. The van der Waals surface area contributed by atoms with Crippen LogP contribution in [-0.4, -0.2) is 33.9 Å². The van der Waals surface area contributed by atoms with Crippen LogP contribution in [0.25, 0.3) is 11.0 Å². The van der Waals surface area contributed by atoms with E-state index >= 15 is 0 Å². The third-order valence-corrected chi connectivity index (χ3v) is 4.21. The summed E-state index contributed by atoms with van der Waals surface area (Å²) < 4.78 is 5.73. The van der Waals surface area contributed by atoms with Gasteiger partial charge in [0.15, 0.2) is 0 Å². The maximum atomic E-state index is 5.73. The van der Waals surface area contributed by atoms with Crippen LogP contribution in [0, 0.1) is 5.41 Å². The topological polar surface area (TPSA) is 59.9 Å². The lowest BCUT2D eigenvalue weighted by molar-refractivity contribution is -0.0977. The van der Waals surface area contributed by atoms with Crippen molar-refractivity contribution >= 4 is 17.0 Å². The Kier molecular flexibility index (Phi) is 3.30. The molecule has 2 unspecified atom stereocenters. The van der Waals surface area contributed by atoms with E-state index in [1.807, 2.05) is 31.2 Å². The minimum absolute atomic E-state index is 0.0883. The Labute approximate surface area is 118 Å². The Hall–Kier alpha value is -1.75. The van der Waals surface area contributed by atoms with E-state index in [9.17, 15) is 0 Å². The largest absolute Gasteiger partial charge is 0.378 e. The van der Waals surface area contributed by atoms with Gasteiger partial charge in [0.25, 0.3) is 0 Å². The van der Waals surface area contributed by atoms with Crippen molar-refractivity contribution in [3.8, 4) is 0 Å². The second-order valence-corrected chi connectivity index (χ2v) is 5.82. The molecule has 106 valence electrons. The molecular formula is C15H20N4O. The summed E-state index contributed by atoms with van der Waals surface area (Å²) in [5.41, 5.74) is 1.77. The first kappa shape index (κ1) is 13.2. The van der Waals surface area contributed by atoms with Crippen LogP contribution in [0.2, 0.25) is 0 Å². The zero-order valence-electron chi connectivity index (χ0n) is 12.1. The van der Waals surface area contributed by atoms with Crippen molar-refractivity contribution in [2.75, 3.05) is 11.9 Å². The lowest BCUT2D eigenvalue weighted by Gasteiger charge is -2.51. The highest BCUT2D eigenvalue weighted by Gasteiger charge is 2.49. The van der Waals surface area contributed by atoms with Gasteiger partial charge in [0.05, 0.1) is 11.6 Å². The van der Waals surface area contributed by atoms with Gasteiger partial charge in [0, 0.05) is 18.1 Å². The van der Waals surface area contributed by atoms with E-state index in [4.69, 9.17) is 4.74 Å². The molecule has 1 heterocycles. The summed E-state index contributed by atoms with van der Waals surface area (Å²) in [5, 5.41) is 11.7. The molecule has 1 fully saturated rings. The number of hydrogen-bond donors (Lipinski definition) is 1. The van der Waals surface area contributed by atoms with Gasteiger partial charge in [-0.15, -0.1) is 10.2 Å². The van der Waals surface area contributed by atoms with E-state index in [1.165, 1.54) is 0 Å². The molecule has 1 aromatic heterocycles. The zero-order valence-corrected chi connectivity index (χ0v) is 12.1. The van der Waals surface area contributed by atoms with Gasteiger partial charge in [-0.3, -0.25) is 0 Å². The Morgan fingerprint density at radius 3 is 2.70 bits per heavy atom. The van der Waals surface area contributed by atoms with Crippen molar-refractivity contribution in [3.05, 3.63) is 24.3 Å². The molecule has 1 aromatic carbocycles. The Bertz CT molecular complexity index is 614. The van der Waals surface area contributed by atoms with E-state index in [1.54, 1.807) is 0 Å². The highest BCUT2D eigenvalue weighted by molar-refractivity contribution is 5.74. The number of benzene rings is 1. The van der Waals surface area contributed by atoms with Gasteiger partial charge < -0.3 is 10.1 Å². The first-order valence-electron chi connectivity index (χ1n) is 7.09. The van der Waals surface area contributed by atoms with Crippen molar-refractivity contribution in [1.82, 2.24) is 15.2 Å². The van der Waals surface area contributed by atoms with E-state index in [0.29, 0.717) is 18.1 Å². The van der Waals surface area contributed by atoms with Gasteiger partial charge in [-0.25, -0.2) is 4.98 Å². The van der Waals surface area contributed by atoms with Crippen LogP contribution >= 0.6 is 0 Å². The van der Waals surface area contributed by atoms with Crippen LogP contribution in [-0.2, 0) is 4.74 Å². The summed E-state index contributed by atoms with van der Waals surface area (Å²) in [5.74, 6) is 0.594. The van der Waals surface area contributed by atoms with Crippen LogP contribution in [0.1, 0.15) is 27.2 Å². The van der Waals surface area contributed by atoms with E-state index in [2.05, 4.69) is 34.3 Å². The van der Waals surface area contributed by atoms with E-state index in [-0.39, 0.29) is 5.41 Å². The third kappa shape index (κ3) is 2.22. The minimum Gasteiger partial charge on any atom is -0.378 e. The number of hydrogen-bond acceptors (Lipinski definition) is 5. The summed E-state index contributed by atoms with van der Waals surface area (Å²) in [4.78, 5) is 4.51. The highest BCUT2D eigenvalue weighted by Crippen LogP contribution is 2.43. The molecule has 0 bridgehead atoms. The Balaban J connectivity index is 1.74. The van der Waals surface area contributed by atoms with E-state index < -0.39 is 0 Å². The van der Waals surface area contributed by atoms with Crippen LogP contribution in [0.3, 0.4) is 0 Å². The monoisotopic (exact) mass is 272 g/mol. The number of nitrogens with one attached hydrogen (secondary N) is 1. The first-order chi connectivity index (χ1) is 9.61. The van der Waals surface area contributed by atoms with Gasteiger partial charge in [0.1, 0.15) is 5.52 Å². The van der Waals surface area contributed by atoms with Crippen LogP contribution < -0.4 is 5.32 Å². The fourth-order valence-corrected chi connectivity index (χ4v) is 2.71. The van der Waals surface area contributed by atoms with Gasteiger partial charge >= 0.3 is 0 Å². The average molecular weight is 272 g/mol. The summed E-state index contributed by atoms with van der Waals surface area (Å²) in [7, 11) is 0. The zero-order chi connectivity index (χ0) is 14.2. The summed E-state index contributed by atoms with van der Waals surface area (Å²) in [6, 6.07) is 8.08. The predicted molar refractivity (Wildman–Crippen MR) is 78.6 cm³/mol. The summed E-state index contributed by atoms with van der Waals surface area (Å²) in [6.07, 6.45) is 1.29. The number of fused-ring (bicyclic) bond motifs is 1. The fraction of sp³-hybridized carbons (Fsp3) is 0.533. The lowest BCUT2D eigenvalue weighted by atomic mass is 9.64. The minimum atomic E-state index is 0.0883. The molecule has 0 amide bonds. The van der Waals surface area contributed by atoms with Gasteiger partial charge in [0.2, 0.25) is 5.95 Å². The molecule has 0 aliphatic heterocycles. The number of para-hydroxylation sites is 1. The third-order valence-electron chi connectivity index (χ3n) is 4.21. The van der Waals surface area contributed by atoms with Crippen molar-refractivity contribution in [3.63, 3.8) is 0 Å².